The van der Waals surface area contributed by atoms with Crippen LogP contribution in [0.15, 0.2) is 65.7 Å². The molecule has 0 bridgehead atoms. The quantitative estimate of drug-likeness (QED) is 0.155. The second kappa shape index (κ2) is 12.4. The maximum Gasteiger partial charge on any atom is 0.188 e. The predicted octanol–water partition coefficient (Wildman–Crippen LogP) is 8.07. The smallest absolute Gasteiger partial charge is 0.188 e. The van der Waals surface area contributed by atoms with E-state index in [1.54, 1.807) is 7.11 Å². The molecule has 0 saturated heterocycles. The van der Waals surface area contributed by atoms with Gasteiger partial charge in [-0.25, -0.2) is 0 Å². The Bertz CT molecular complexity index is 1220. The molecule has 3 nitrogen and oxygen atoms in total. The van der Waals surface area contributed by atoms with Crippen LogP contribution in [0.25, 0.3) is 0 Å². The highest BCUT2D eigenvalue weighted by Crippen LogP contribution is 2.52. The van der Waals surface area contributed by atoms with Gasteiger partial charge in [-0.15, -0.1) is 0 Å². The van der Waals surface area contributed by atoms with Gasteiger partial charge in [0, 0.05) is 36.0 Å². The van der Waals surface area contributed by atoms with Crippen molar-refractivity contribution in [2.75, 3.05) is 21.0 Å². The van der Waals surface area contributed by atoms with Gasteiger partial charge in [-0.3, -0.25) is 4.99 Å². The van der Waals surface area contributed by atoms with Gasteiger partial charge in [0.2, 0.25) is 0 Å². The van der Waals surface area contributed by atoms with Gasteiger partial charge in [-0.05, 0) is 54.1 Å². The lowest BCUT2D eigenvalue weighted by atomic mass is 9.81. The standard InChI is InChI=1S/C33H44NO2P/c1-10-33(11-2,28-21-26(32(5,6)7)20-24(4)30(28)36-22-35-9)37-31-23(3)16-15-19-27(31)29(34-8)25-17-13-12-14-18-25/h12-21,37H,10-11,22H2,1-9H3/b34-29+. The van der Waals surface area contributed by atoms with E-state index in [1.165, 1.54) is 33.1 Å². The van der Waals surface area contributed by atoms with Gasteiger partial charge in [0.15, 0.2) is 6.79 Å². The van der Waals surface area contributed by atoms with Crippen LogP contribution >= 0.6 is 8.58 Å². The number of aryl methyl sites for hydroxylation is 2. The predicted molar refractivity (Wildman–Crippen MR) is 162 cm³/mol. The van der Waals surface area contributed by atoms with Crippen LogP contribution in [0, 0.1) is 13.8 Å². The van der Waals surface area contributed by atoms with Gasteiger partial charge < -0.3 is 9.47 Å². The molecule has 0 N–H and O–H groups in total. The number of methoxy groups -OCH3 is 1. The first-order chi connectivity index (χ1) is 17.6. The summed E-state index contributed by atoms with van der Waals surface area (Å²) in [5.41, 5.74) is 8.56. The van der Waals surface area contributed by atoms with Crippen LogP contribution < -0.4 is 10.0 Å². The van der Waals surface area contributed by atoms with Crippen molar-refractivity contribution in [1.82, 2.24) is 0 Å². The molecule has 0 spiro atoms. The van der Waals surface area contributed by atoms with Crippen LogP contribution in [0.5, 0.6) is 5.75 Å². The lowest BCUT2D eigenvalue weighted by molar-refractivity contribution is 0.0494. The first kappa shape index (κ1) is 29.1. The molecule has 3 aromatic rings. The second-order valence-electron chi connectivity index (χ2n) is 10.8. The molecule has 0 aliphatic rings. The summed E-state index contributed by atoms with van der Waals surface area (Å²) in [4.78, 5) is 4.78. The van der Waals surface area contributed by atoms with E-state index in [-0.39, 0.29) is 17.4 Å². The van der Waals surface area contributed by atoms with E-state index in [4.69, 9.17) is 14.5 Å². The molecular weight excluding hydrogens is 473 g/mol. The molecule has 1 atom stereocenters. The van der Waals surface area contributed by atoms with Crippen molar-refractivity contribution < 1.29 is 9.47 Å². The Morgan fingerprint density at radius 2 is 1.57 bits per heavy atom. The van der Waals surface area contributed by atoms with Crippen molar-refractivity contribution in [2.45, 2.75) is 71.9 Å². The first-order valence-corrected chi connectivity index (χ1v) is 14.3. The summed E-state index contributed by atoms with van der Waals surface area (Å²) in [6.45, 7) is 16.1. The zero-order chi connectivity index (χ0) is 27.2. The number of nitrogens with zero attached hydrogens (tertiary/aromatic N) is 1. The maximum atomic E-state index is 6.29. The lowest BCUT2D eigenvalue weighted by Gasteiger charge is -2.37. The third-order valence-electron chi connectivity index (χ3n) is 7.35. The van der Waals surface area contributed by atoms with Gasteiger partial charge in [-0.2, -0.15) is 0 Å². The van der Waals surface area contributed by atoms with E-state index in [1.807, 2.05) is 7.05 Å². The lowest BCUT2D eigenvalue weighted by Crippen LogP contribution is -2.27. The van der Waals surface area contributed by atoms with E-state index in [9.17, 15) is 0 Å². The molecule has 3 aromatic carbocycles. The Morgan fingerprint density at radius 1 is 0.892 bits per heavy atom. The van der Waals surface area contributed by atoms with Crippen LogP contribution in [0.1, 0.15) is 80.8 Å². The van der Waals surface area contributed by atoms with Crippen molar-refractivity contribution in [2.24, 2.45) is 4.99 Å². The van der Waals surface area contributed by atoms with Gasteiger partial charge in [0.1, 0.15) is 5.75 Å². The number of benzene rings is 3. The topological polar surface area (TPSA) is 30.8 Å². The molecule has 1 unspecified atom stereocenters. The van der Waals surface area contributed by atoms with E-state index in [0.717, 1.165) is 29.9 Å². The average Bonchev–Trinajstić information content (AvgIpc) is 2.88. The third-order valence-corrected chi connectivity index (χ3v) is 9.72. The summed E-state index contributed by atoms with van der Waals surface area (Å²) < 4.78 is 11.6. The van der Waals surface area contributed by atoms with E-state index in [0.29, 0.717) is 8.58 Å². The normalized spacial score (nSPS) is 12.9. The van der Waals surface area contributed by atoms with Gasteiger partial charge in [0.05, 0.1) is 5.71 Å². The molecule has 0 radical (unpaired) electrons. The van der Waals surface area contributed by atoms with Gasteiger partial charge >= 0.3 is 0 Å². The van der Waals surface area contributed by atoms with Crippen molar-refractivity contribution in [1.29, 1.82) is 0 Å². The SMILES string of the molecule is CCC(CC)(Pc1c(C)cccc1/C(=N/C)c1ccccc1)c1cc(C(C)(C)C)cc(C)c1OCOC. The molecule has 37 heavy (non-hydrogen) atoms. The van der Waals surface area contributed by atoms with E-state index >= 15 is 0 Å². The Hall–Kier alpha value is -2.48. The molecule has 0 saturated carbocycles. The van der Waals surface area contributed by atoms with Gasteiger partial charge in [0.25, 0.3) is 0 Å². The number of hydrogen-bond acceptors (Lipinski definition) is 3. The van der Waals surface area contributed by atoms with Crippen molar-refractivity contribution in [3.05, 3.63) is 94.0 Å². The fraction of sp³-hybridized carbons (Fsp3) is 0.424. The molecule has 0 heterocycles. The average molecular weight is 518 g/mol. The monoisotopic (exact) mass is 517 g/mol. The first-order valence-electron chi connectivity index (χ1n) is 13.3. The van der Waals surface area contributed by atoms with E-state index < -0.39 is 0 Å². The molecule has 0 amide bonds. The summed E-state index contributed by atoms with van der Waals surface area (Å²) in [5.74, 6) is 0.966. The van der Waals surface area contributed by atoms with Crippen LogP contribution in [0.2, 0.25) is 0 Å². The molecule has 198 valence electrons. The zero-order valence-electron chi connectivity index (χ0n) is 24.2. The third kappa shape index (κ3) is 6.33. The van der Waals surface area contributed by atoms with Crippen molar-refractivity contribution in [3.63, 3.8) is 0 Å². The van der Waals surface area contributed by atoms with Crippen LogP contribution in [-0.2, 0) is 15.3 Å². The highest BCUT2D eigenvalue weighted by Gasteiger charge is 2.35. The summed E-state index contributed by atoms with van der Waals surface area (Å²) >= 11 is 0. The fourth-order valence-corrected chi connectivity index (χ4v) is 6.79. The fourth-order valence-electron chi connectivity index (χ4n) is 5.02. The minimum atomic E-state index is -0.0779. The number of ether oxygens (including phenoxy) is 2. The highest BCUT2D eigenvalue weighted by molar-refractivity contribution is 7.49. The summed E-state index contributed by atoms with van der Waals surface area (Å²) in [6.07, 6.45) is 2.02. The summed E-state index contributed by atoms with van der Waals surface area (Å²) in [7, 11) is 4.14. The molecule has 0 aliphatic heterocycles. The van der Waals surface area contributed by atoms with Crippen LogP contribution in [0.4, 0.5) is 0 Å². The Kier molecular flexibility index (Phi) is 9.73. The minimum absolute atomic E-state index is 0.0405. The Morgan fingerprint density at radius 3 is 2.14 bits per heavy atom. The summed E-state index contributed by atoms with van der Waals surface area (Å²) in [5, 5.41) is 1.30. The van der Waals surface area contributed by atoms with Crippen LogP contribution in [-0.4, -0.2) is 26.7 Å². The summed E-state index contributed by atoms with van der Waals surface area (Å²) in [6, 6.07) is 21.8. The van der Waals surface area contributed by atoms with Crippen molar-refractivity contribution in [3.8, 4) is 5.75 Å². The Balaban J connectivity index is 2.26. The van der Waals surface area contributed by atoms with Crippen LogP contribution in [0.3, 0.4) is 0 Å². The maximum absolute atomic E-state index is 6.29. The molecule has 0 aromatic heterocycles. The largest absolute Gasteiger partial charge is 0.467 e. The minimum Gasteiger partial charge on any atom is -0.467 e. The highest BCUT2D eigenvalue weighted by atomic mass is 31.1. The molecule has 3 rings (SSSR count). The number of rotatable bonds is 10. The number of aliphatic imine (C=N–C) groups is 1. The van der Waals surface area contributed by atoms with E-state index in [2.05, 4.69) is 109 Å². The molecule has 0 fully saturated rings. The molecule has 4 heteroatoms. The molecule has 0 aliphatic carbocycles. The Labute approximate surface area is 226 Å². The second-order valence-corrected chi connectivity index (χ2v) is 12.5. The van der Waals surface area contributed by atoms with Crippen molar-refractivity contribution >= 4 is 19.6 Å². The molecular formula is C33H44NO2P. The zero-order valence-corrected chi connectivity index (χ0v) is 25.2. The number of hydrogen-bond donors (Lipinski definition) is 0. The van der Waals surface area contributed by atoms with Gasteiger partial charge in [-0.1, -0.05) is 104 Å².